The highest BCUT2D eigenvalue weighted by Gasteiger charge is 2.09. The van der Waals surface area contributed by atoms with Crippen molar-refractivity contribution in [2.75, 3.05) is 0 Å². The van der Waals surface area contributed by atoms with Gasteiger partial charge in [0.1, 0.15) is 19.2 Å². The molecular weight excluding hydrogens is 315 g/mol. The lowest BCUT2D eigenvalue weighted by molar-refractivity contribution is 0.475. The quantitative estimate of drug-likeness (QED) is 0.561. The van der Waals surface area contributed by atoms with Gasteiger partial charge in [0.05, 0.1) is 0 Å². The second-order valence-electron chi connectivity index (χ2n) is 5.49. The third-order valence-corrected chi connectivity index (χ3v) is 4.85. The summed E-state index contributed by atoms with van der Waals surface area (Å²) in [6, 6.07) is 17.1. The standard InChI is InChI=1S/C19H13BN2OS/c20-14-4-6-16(7-5-14)24-18-11-22-19-17(18)9-13(10-21-19)12-2-1-3-15(23)8-12/h1-11,23H,(H,21,22). The van der Waals surface area contributed by atoms with Crippen LogP contribution >= 0.6 is 11.8 Å². The molecule has 0 bridgehead atoms. The molecule has 4 aromatic rings. The van der Waals surface area contributed by atoms with Crippen LogP contribution in [0.15, 0.2) is 76.8 Å². The van der Waals surface area contributed by atoms with Crippen molar-refractivity contribution >= 4 is 36.1 Å². The van der Waals surface area contributed by atoms with E-state index in [1.165, 1.54) is 0 Å². The van der Waals surface area contributed by atoms with Gasteiger partial charge < -0.3 is 10.1 Å². The fourth-order valence-electron chi connectivity index (χ4n) is 2.57. The van der Waals surface area contributed by atoms with E-state index in [0.717, 1.165) is 37.4 Å². The molecule has 0 saturated heterocycles. The van der Waals surface area contributed by atoms with E-state index in [1.807, 2.05) is 48.8 Å². The first kappa shape index (κ1) is 14.9. The van der Waals surface area contributed by atoms with E-state index >= 15 is 0 Å². The number of pyridine rings is 1. The molecular formula is C19H13BN2OS. The Labute approximate surface area is 145 Å². The number of fused-ring (bicyclic) bond motifs is 1. The lowest BCUT2D eigenvalue weighted by atomic mass is 9.97. The fourth-order valence-corrected chi connectivity index (χ4v) is 3.48. The highest BCUT2D eigenvalue weighted by molar-refractivity contribution is 7.99. The van der Waals surface area contributed by atoms with Crippen molar-refractivity contribution in [3.63, 3.8) is 0 Å². The Morgan fingerprint density at radius 2 is 1.83 bits per heavy atom. The second-order valence-corrected chi connectivity index (χ2v) is 6.61. The van der Waals surface area contributed by atoms with Crippen LogP contribution in [0.4, 0.5) is 0 Å². The number of hydrogen-bond donors (Lipinski definition) is 2. The van der Waals surface area contributed by atoms with E-state index in [4.69, 9.17) is 7.85 Å². The Morgan fingerprint density at radius 3 is 2.62 bits per heavy atom. The molecule has 0 aliphatic carbocycles. The number of aromatic hydroxyl groups is 1. The number of H-pyrrole nitrogens is 1. The molecule has 2 aromatic heterocycles. The highest BCUT2D eigenvalue weighted by Crippen LogP contribution is 2.34. The molecule has 2 N–H and O–H groups in total. The highest BCUT2D eigenvalue weighted by atomic mass is 32.2. The Kier molecular flexibility index (Phi) is 3.79. The molecule has 0 aliphatic heterocycles. The molecule has 2 radical (unpaired) electrons. The molecule has 24 heavy (non-hydrogen) atoms. The van der Waals surface area contributed by atoms with Crippen molar-refractivity contribution in [3.05, 3.63) is 67.0 Å². The molecule has 4 rings (SSSR count). The van der Waals surface area contributed by atoms with E-state index in [2.05, 4.69) is 16.0 Å². The van der Waals surface area contributed by atoms with Crippen molar-refractivity contribution in [1.29, 1.82) is 0 Å². The van der Waals surface area contributed by atoms with E-state index in [-0.39, 0.29) is 5.75 Å². The number of nitrogens with zero attached hydrogens (tertiary/aromatic N) is 1. The van der Waals surface area contributed by atoms with Crippen LogP contribution in [-0.4, -0.2) is 22.9 Å². The fraction of sp³-hybridized carbons (Fsp3) is 0. The van der Waals surface area contributed by atoms with Gasteiger partial charge >= 0.3 is 0 Å². The van der Waals surface area contributed by atoms with Gasteiger partial charge in [0.15, 0.2) is 0 Å². The van der Waals surface area contributed by atoms with Gasteiger partial charge in [-0.05, 0) is 35.9 Å². The predicted octanol–water partition coefficient (Wildman–Crippen LogP) is 3.88. The van der Waals surface area contributed by atoms with Gasteiger partial charge in [0, 0.05) is 33.1 Å². The number of aromatic amines is 1. The third kappa shape index (κ3) is 2.90. The lowest BCUT2D eigenvalue weighted by Gasteiger charge is -2.04. The molecule has 0 saturated carbocycles. The predicted molar refractivity (Wildman–Crippen MR) is 99.1 cm³/mol. The molecule has 5 heteroatoms. The maximum atomic E-state index is 9.68. The molecule has 114 valence electrons. The number of aromatic nitrogens is 2. The number of phenols is 1. The second kappa shape index (κ2) is 6.09. The van der Waals surface area contributed by atoms with E-state index in [9.17, 15) is 5.11 Å². The van der Waals surface area contributed by atoms with Crippen LogP contribution in [0.1, 0.15) is 0 Å². The van der Waals surface area contributed by atoms with Gasteiger partial charge in [-0.3, -0.25) is 0 Å². The summed E-state index contributed by atoms with van der Waals surface area (Å²) in [6.07, 6.45) is 3.77. The number of rotatable bonds is 3. The van der Waals surface area contributed by atoms with Gasteiger partial charge in [0.25, 0.3) is 0 Å². The molecule has 3 nitrogen and oxygen atoms in total. The number of hydrogen-bond acceptors (Lipinski definition) is 3. The Bertz CT molecular complexity index is 1010. The van der Waals surface area contributed by atoms with Crippen LogP contribution < -0.4 is 5.46 Å². The monoisotopic (exact) mass is 328 g/mol. The molecule has 0 fully saturated rings. The maximum absolute atomic E-state index is 9.68. The first-order valence-corrected chi connectivity index (χ1v) is 8.30. The SMILES string of the molecule is [B]c1ccc(Sc2c[nH]c3ncc(-c4cccc(O)c4)cc23)cc1. The van der Waals surface area contributed by atoms with Crippen LogP contribution in [0.2, 0.25) is 0 Å². The summed E-state index contributed by atoms with van der Waals surface area (Å²) in [5.41, 5.74) is 3.51. The summed E-state index contributed by atoms with van der Waals surface area (Å²) in [6.45, 7) is 0. The van der Waals surface area contributed by atoms with Crippen molar-refractivity contribution < 1.29 is 5.11 Å². The number of phenolic OH excluding ortho intramolecular Hbond substituents is 1. The summed E-state index contributed by atoms with van der Waals surface area (Å²) < 4.78 is 0. The smallest absolute Gasteiger partial charge is 0.138 e. The van der Waals surface area contributed by atoms with Gasteiger partial charge in [-0.2, -0.15) is 0 Å². The van der Waals surface area contributed by atoms with E-state index in [1.54, 1.807) is 23.9 Å². The Hall–Kier alpha value is -2.66. The Morgan fingerprint density at radius 1 is 1.00 bits per heavy atom. The minimum Gasteiger partial charge on any atom is -0.508 e. The zero-order valence-electron chi connectivity index (χ0n) is 12.7. The van der Waals surface area contributed by atoms with Crippen molar-refractivity contribution in [1.82, 2.24) is 9.97 Å². The number of benzene rings is 2. The largest absolute Gasteiger partial charge is 0.508 e. The summed E-state index contributed by atoms with van der Waals surface area (Å²) in [5, 5.41) is 10.7. The zero-order chi connectivity index (χ0) is 16.5. The minimum absolute atomic E-state index is 0.248. The van der Waals surface area contributed by atoms with Crippen LogP contribution in [0.5, 0.6) is 5.75 Å². The molecule has 0 atom stereocenters. The van der Waals surface area contributed by atoms with Crippen LogP contribution in [0, 0.1) is 0 Å². The molecule has 2 heterocycles. The normalized spacial score (nSPS) is 11.0. The molecule has 0 unspecified atom stereocenters. The third-order valence-electron chi connectivity index (χ3n) is 3.78. The molecule has 0 spiro atoms. The average molecular weight is 328 g/mol. The lowest BCUT2D eigenvalue weighted by Crippen LogP contribution is -1.98. The van der Waals surface area contributed by atoms with Gasteiger partial charge in [-0.1, -0.05) is 41.5 Å². The average Bonchev–Trinajstić information content (AvgIpc) is 2.99. The van der Waals surface area contributed by atoms with Crippen LogP contribution in [-0.2, 0) is 0 Å². The summed E-state index contributed by atoms with van der Waals surface area (Å²) in [7, 11) is 5.74. The van der Waals surface area contributed by atoms with Crippen molar-refractivity contribution in [2.45, 2.75) is 9.79 Å². The first-order chi connectivity index (χ1) is 11.7. The Balaban J connectivity index is 1.74. The van der Waals surface area contributed by atoms with Gasteiger partial charge in [-0.25, -0.2) is 4.98 Å². The maximum Gasteiger partial charge on any atom is 0.138 e. The van der Waals surface area contributed by atoms with E-state index in [0.29, 0.717) is 0 Å². The minimum atomic E-state index is 0.248. The van der Waals surface area contributed by atoms with Crippen molar-refractivity contribution in [3.8, 4) is 16.9 Å². The van der Waals surface area contributed by atoms with Gasteiger partial charge in [-0.15, -0.1) is 0 Å². The first-order valence-electron chi connectivity index (χ1n) is 7.49. The topological polar surface area (TPSA) is 48.9 Å². The summed E-state index contributed by atoms with van der Waals surface area (Å²) in [4.78, 5) is 9.92. The molecule has 0 amide bonds. The molecule has 2 aromatic carbocycles. The van der Waals surface area contributed by atoms with Crippen molar-refractivity contribution in [2.24, 2.45) is 0 Å². The number of nitrogens with one attached hydrogen (secondary N) is 1. The van der Waals surface area contributed by atoms with Crippen LogP contribution in [0.3, 0.4) is 0 Å². The zero-order valence-corrected chi connectivity index (χ0v) is 13.5. The summed E-state index contributed by atoms with van der Waals surface area (Å²) >= 11 is 1.66. The summed E-state index contributed by atoms with van der Waals surface area (Å²) in [5.74, 6) is 0.248. The van der Waals surface area contributed by atoms with Crippen LogP contribution in [0.25, 0.3) is 22.2 Å². The van der Waals surface area contributed by atoms with E-state index < -0.39 is 0 Å². The van der Waals surface area contributed by atoms with Gasteiger partial charge in [0.2, 0.25) is 0 Å². The molecule has 0 aliphatic rings.